The third-order valence-electron chi connectivity index (χ3n) is 7.68. The van der Waals surface area contributed by atoms with E-state index in [1.54, 1.807) is 41.3 Å². The summed E-state index contributed by atoms with van der Waals surface area (Å²) in [5.41, 5.74) is 2.78. The van der Waals surface area contributed by atoms with Crippen molar-refractivity contribution < 1.29 is 14.4 Å². The summed E-state index contributed by atoms with van der Waals surface area (Å²) in [6.45, 7) is 8.00. The normalized spacial score (nSPS) is 22.0. The molecule has 7 rings (SSSR count). The van der Waals surface area contributed by atoms with E-state index >= 15 is 0 Å². The lowest BCUT2D eigenvalue weighted by Crippen LogP contribution is -2.57. The van der Waals surface area contributed by atoms with Crippen molar-refractivity contribution >= 4 is 39.6 Å². The maximum atomic E-state index is 13.3. The molecule has 3 aromatic rings. The van der Waals surface area contributed by atoms with Crippen molar-refractivity contribution in [3.63, 3.8) is 0 Å². The number of thiazole rings is 1. The lowest BCUT2D eigenvalue weighted by Gasteiger charge is -2.47. The number of nitrogens with zero attached hydrogens (tertiary/aromatic N) is 5. The summed E-state index contributed by atoms with van der Waals surface area (Å²) >= 11 is 1.38. The zero-order valence-corrected chi connectivity index (χ0v) is 23.8. The molecule has 0 spiro atoms. The standard InChI is InChI=1S/C28H33N9O3S/c1-17-23(11-20(13-31-17)26(39)30-7-10-36-15-19-4-8-35(36)9-5-19)34-27(40)22-14-32-37-16-25(41-28(22)37)24-12-21(3-6-29-24)33-18(2)38/h3,6,11-14,16-17,19,31H,4-5,7-10,15H2,1-2H3,(H,30,39)(H,34,40)(H,29,33,38). The molecule has 3 fully saturated rings. The molecule has 12 nitrogen and oxygen atoms in total. The zero-order valence-electron chi connectivity index (χ0n) is 23.0. The number of piperidine rings is 1. The van der Waals surface area contributed by atoms with Crippen molar-refractivity contribution in [2.75, 3.05) is 38.0 Å². The lowest BCUT2D eigenvalue weighted by atomic mass is 9.94. The molecule has 0 aliphatic carbocycles. The Kier molecular flexibility index (Phi) is 7.56. The second kappa shape index (κ2) is 11.4. The topological polar surface area (TPSA) is 136 Å². The van der Waals surface area contributed by atoms with E-state index in [4.69, 9.17) is 0 Å². The Hall–Kier alpha value is -4.07. The third-order valence-corrected chi connectivity index (χ3v) is 8.81. The number of carbonyl (C=O) groups is 3. The van der Waals surface area contributed by atoms with Gasteiger partial charge in [0.15, 0.2) is 0 Å². The number of hydrogen-bond donors (Lipinski definition) is 4. The molecule has 4 aliphatic rings. The maximum absolute atomic E-state index is 13.3. The smallest absolute Gasteiger partial charge is 0.260 e. The van der Waals surface area contributed by atoms with E-state index in [9.17, 15) is 14.4 Å². The molecule has 4 N–H and O–H groups in total. The van der Waals surface area contributed by atoms with Crippen LogP contribution in [0, 0.1) is 5.92 Å². The molecule has 1 unspecified atom stereocenters. The van der Waals surface area contributed by atoms with Gasteiger partial charge in [0.1, 0.15) is 4.83 Å². The Morgan fingerprint density at radius 1 is 1.17 bits per heavy atom. The molecule has 3 aromatic heterocycles. The van der Waals surface area contributed by atoms with Gasteiger partial charge in [0, 0.05) is 69.6 Å². The number of pyridine rings is 1. The van der Waals surface area contributed by atoms with Crippen LogP contribution in [0.15, 0.2) is 54.3 Å². The number of hydrogen-bond acceptors (Lipinski definition) is 9. The summed E-state index contributed by atoms with van der Waals surface area (Å²) in [7, 11) is 0. The molecule has 0 radical (unpaired) electrons. The fourth-order valence-corrected chi connectivity index (χ4v) is 6.48. The van der Waals surface area contributed by atoms with E-state index in [1.165, 1.54) is 37.3 Å². The van der Waals surface area contributed by atoms with Crippen LogP contribution in [-0.2, 0) is 9.59 Å². The highest BCUT2D eigenvalue weighted by Gasteiger charge is 2.31. The Labute approximate surface area is 241 Å². The van der Waals surface area contributed by atoms with Crippen molar-refractivity contribution in [3.8, 4) is 10.6 Å². The fourth-order valence-electron chi connectivity index (χ4n) is 5.45. The van der Waals surface area contributed by atoms with Gasteiger partial charge in [0.2, 0.25) is 5.91 Å². The van der Waals surface area contributed by atoms with Gasteiger partial charge >= 0.3 is 0 Å². The summed E-state index contributed by atoms with van der Waals surface area (Å²) in [5, 5.41) is 21.0. The number of aromatic nitrogens is 3. The van der Waals surface area contributed by atoms with E-state index in [0.29, 0.717) is 39.6 Å². The minimum atomic E-state index is -0.316. The number of amides is 3. The van der Waals surface area contributed by atoms with Gasteiger partial charge in [0.05, 0.1) is 33.9 Å². The van der Waals surface area contributed by atoms with Crippen molar-refractivity contribution in [1.29, 1.82) is 0 Å². The highest BCUT2D eigenvalue weighted by atomic mass is 32.1. The molecule has 0 saturated carbocycles. The number of anilines is 1. The first-order chi connectivity index (χ1) is 19.8. The molecule has 2 bridgehead atoms. The van der Waals surface area contributed by atoms with Crippen LogP contribution in [0.5, 0.6) is 0 Å². The first kappa shape index (κ1) is 27.1. The van der Waals surface area contributed by atoms with Crippen molar-refractivity contribution in [2.24, 2.45) is 5.92 Å². The number of hydrazine groups is 1. The second-order valence-electron chi connectivity index (χ2n) is 10.6. The van der Waals surface area contributed by atoms with E-state index in [-0.39, 0.29) is 23.8 Å². The highest BCUT2D eigenvalue weighted by Crippen LogP contribution is 2.31. The number of rotatable bonds is 8. The third kappa shape index (κ3) is 5.87. The molecule has 214 valence electrons. The van der Waals surface area contributed by atoms with Gasteiger partial charge in [-0.05, 0) is 43.9 Å². The quantitative estimate of drug-likeness (QED) is 0.320. The molecule has 41 heavy (non-hydrogen) atoms. The first-order valence-corrected chi connectivity index (χ1v) is 14.6. The largest absolute Gasteiger partial charge is 0.382 e. The monoisotopic (exact) mass is 575 g/mol. The Balaban J connectivity index is 1.10. The predicted octanol–water partition coefficient (Wildman–Crippen LogP) is 1.96. The summed E-state index contributed by atoms with van der Waals surface area (Å²) < 4.78 is 1.64. The van der Waals surface area contributed by atoms with Gasteiger partial charge < -0.3 is 21.3 Å². The molecule has 0 aromatic carbocycles. The Morgan fingerprint density at radius 3 is 2.76 bits per heavy atom. The van der Waals surface area contributed by atoms with Gasteiger partial charge in [-0.1, -0.05) is 0 Å². The average molecular weight is 576 g/mol. The van der Waals surface area contributed by atoms with Gasteiger partial charge in [0.25, 0.3) is 11.8 Å². The van der Waals surface area contributed by atoms with E-state index in [1.807, 2.05) is 6.92 Å². The first-order valence-electron chi connectivity index (χ1n) is 13.8. The molecule has 3 amide bonds. The van der Waals surface area contributed by atoms with Gasteiger partial charge in [-0.3, -0.25) is 19.4 Å². The van der Waals surface area contributed by atoms with E-state index < -0.39 is 0 Å². The number of dihydropyridines is 1. The Morgan fingerprint density at radius 2 is 2.00 bits per heavy atom. The maximum Gasteiger partial charge on any atom is 0.260 e. The van der Waals surface area contributed by atoms with Gasteiger partial charge in [-0.15, -0.1) is 11.3 Å². The van der Waals surface area contributed by atoms with Crippen LogP contribution in [0.2, 0.25) is 0 Å². The molecular weight excluding hydrogens is 542 g/mol. The van der Waals surface area contributed by atoms with E-state index in [2.05, 4.69) is 41.4 Å². The lowest BCUT2D eigenvalue weighted by molar-refractivity contribution is -0.120. The zero-order chi connectivity index (χ0) is 28.5. The molecule has 7 heterocycles. The van der Waals surface area contributed by atoms with Gasteiger partial charge in [-0.2, -0.15) is 5.10 Å². The van der Waals surface area contributed by atoms with Crippen molar-refractivity contribution in [3.05, 3.63) is 59.8 Å². The summed E-state index contributed by atoms with van der Waals surface area (Å²) in [6.07, 6.45) is 10.9. The van der Waals surface area contributed by atoms with E-state index in [0.717, 1.165) is 37.0 Å². The minimum absolute atomic E-state index is 0.166. The van der Waals surface area contributed by atoms with Crippen molar-refractivity contribution in [1.82, 2.24) is 40.6 Å². The highest BCUT2D eigenvalue weighted by molar-refractivity contribution is 7.21. The summed E-state index contributed by atoms with van der Waals surface area (Å²) in [4.78, 5) is 43.5. The minimum Gasteiger partial charge on any atom is -0.382 e. The molecule has 4 aliphatic heterocycles. The van der Waals surface area contributed by atoms with Crippen LogP contribution < -0.4 is 21.3 Å². The average Bonchev–Trinajstić information content (AvgIpc) is 3.56. The van der Waals surface area contributed by atoms with Crippen LogP contribution in [0.25, 0.3) is 15.4 Å². The predicted molar refractivity (Wildman–Crippen MR) is 156 cm³/mol. The number of nitrogens with one attached hydrogen (secondary N) is 4. The summed E-state index contributed by atoms with van der Waals surface area (Å²) in [5.74, 6) is 0.107. The SMILES string of the molecule is CC(=O)Nc1ccnc(-c2cn3ncc(C(=O)NC4=CC(C(=O)NCCN5CC6CCN5CC6)=CNC4C)c3s2)c1. The number of carbonyl (C=O) groups excluding carboxylic acids is 3. The van der Waals surface area contributed by atoms with Crippen LogP contribution in [0.4, 0.5) is 5.69 Å². The van der Waals surface area contributed by atoms with Crippen LogP contribution >= 0.6 is 11.3 Å². The van der Waals surface area contributed by atoms with Crippen LogP contribution in [0.3, 0.4) is 0 Å². The molecule has 3 saturated heterocycles. The molecular formula is C28H33N9O3S. The number of fused-ring (bicyclic) bond motifs is 4. The van der Waals surface area contributed by atoms with Gasteiger partial charge in [-0.25, -0.2) is 14.5 Å². The van der Waals surface area contributed by atoms with Crippen LogP contribution in [0.1, 0.15) is 37.0 Å². The second-order valence-corrected chi connectivity index (χ2v) is 11.7. The summed E-state index contributed by atoms with van der Waals surface area (Å²) in [6, 6.07) is 3.31. The van der Waals surface area contributed by atoms with Crippen molar-refractivity contribution in [2.45, 2.75) is 32.7 Å². The molecule has 13 heteroatoms. The Bertz CT molecular complexity index is 1550. The fraction of sp³-hybridized carbons (Fsp3) is 0.393. The van der Waals surface area contributed by atoms with Crippen LogP contribution in [-0.4, -0.2) is 81.1 Å². The molecule has 1 atom stereocenters.